The maximum atomic E-state index is 5.20. The molecule has 1 N–H and O–H groups in total. The molecule has 0 aliphatic carbocycles. The summed E-state index contributed by atoms with van der Waals surface area (Å²) in [7, 11) is 0. The van der Waals surface area contributed by atoms with E-state index in [4.69, 9.17) is 4.52 Å². The van der Waals surface area contributed by atoms with Gasteiger partial charge in [0.05, 0.1) is 17.4 Å². The lowest BCUT2D eigenvalue weighted by atomic mass is 10.1. The number of aryl methyl sites for hydroxylation is 3. The average Bonchev–Trinajstić information content (AvgIpc) is 2.83. The van der Waals surface area contributed by atoms with Gasteiger partial charge in [-0.1, -0.05) is 11.2 Å². The summed E-state index contributed by atoms with van der Waals surface area (Å²) in [6.45, 7) is 12.4. The molecule has 102 valence electrons. The fourth-order valence-electron chi connectivity index (χ4n) is 2.31. The Bertz CT molecular complexity index is 563. The summed E-state index contributed by atoms with van der Waals surface area (Å²) in [5, 5.41) is 7.39. The summed E-state index contributed by atoms with van der Waals surface area (Å²) in [5.41, 5.74) is 2.98. The van der Waals surface area contributed by atoms with Crippen molar-refractivity contribution < 1.29 is 4.52 Å². The highest BCUT2D eigenvalue weighted by molar-refractivity contribution is 5.36. The van der Waals surface area contributed by atoms with Crippen LogP contribution in [0.4, 0.5) is 5.95 Å². The van der Waals surface area contributed by atoms with Gasteiger partial charge in [-0.05, 0) is 27.7 Å². The van der Waals surface area contributed by atoms with Gasteiger partial charge in [-0.15, -0.1) is 6.58 Å². The van der Waals surface area contributed by atoms with Gasteiger partial charge in [0.15, 0.2) is 0 Å². The summed E-state index contributed by atoms with van der Waals surface area (Å²) >= 11 is 0. The van der Waals surface area contributed by atoms with Gasteiger partial charge in [-0.25, -0.2) is 4.98 Å². The van der Waals surface area contributed by atoms with E-state index in [0.717, 1.165) is 35.2 Å². The van der Waals surface area contributed by atoms with Gasteiger partial charge in [0.2, 0.25) is 5.95 Å². The summed E-state index contributed by atoms with van der Waals surface area (Å²) in [6.07, 6.45) is 3.86. The molecule has 0 radical (unpaired) electrons. The Morgan fingerprint density at radius 1 is 1.47 bits per heavy atom. The van der Waals surface area contributed by atoms with Crippen molar-refractivity contribution in [2.75, 3.05) is 5.32 Å². The molecule has 0 aliphatic heterocycles. The van der Waals surface area contributed by atoms with Crippen molar-refractivity contribution in [1.82, 2.24) is 14.7 Å². The van der Waals surface area contributed by atoms with Crippen LogP contribution in [0, 0.1) is 20.8 Å². The number of aromatic nitrogens is 3. The minimum atomic E-state index is 0.0941. The normalized spacial score (nSPS) is 12.4. The van der Waals surface area contributed by atoms with Gasteiger partial charge in [-0.2, -0.15) is 0 Å². The van der Waals surface area contributed by atoms with E-state index in [-0.39, 0.29) is 6.04 Å². The topological polar surface area (TPSA) is 55.9 Å². The van der Waals surface area contributed by atoms with Crippen LogP contribution < -0.4 is 5.32 Å². The lowest BCUT2D eigenvalue weighted by molar-refractivity contribution is 0.392. The third kappa shape index (κ3) is 2.70. The molecule has 0 saturated heterocycles. The van der Waals surface area contributed by atoms with Crippen molar-refractivity contribution in [3.63, 3.8) is 0 Å². The molecule has 0 aromatic carbocycles. The number of hydrogen-bond acceptors (Lipinski definition) is 4. The molecule has 2 aromatic heterocycles. The SMILES string of the molecule is C=CCn1cc(C)nc1NC(C)c1c(C)noc1C. The maximum absolute atomic E-state index is 5.20. The molecule has 2 heterocycles. The molecule has 0 amide bonds. The summed E-state index contributed by atoms with van der Waals surface area (Å²) < 4.78 is 7.24. The molecule has 1 unspecified atom stereocenters. The van der Waals surface area contributed by atoms with Gasteiger partial charge < -0.3 is 14.4 Å². The van der Waals surface area contributed by atoms with Crippen LogP contribution in [-0.4, -0.2) is 14.7 Å². The third-order valence-corrected chi connectivity index (χ3v) is 3.09. The third-order valence-electron chi connectivity index (χ3n) is 3.09. The second-order valence-electron chi connectivity index (χ2n) is 4.75. The summed E-state index contributed by atoms with van der Waals surface area (Å²) in [6, 6.07) is 0.0941. The van der Waals surface area contributed by atoms with E-state index in [1.807, 2.05) is 37.6 Å². The monoisotopic (exact) mass is 260 g/mol. The first kappa shape index (κ1) is 13.4. The second-order valence-corrected chi connectivity index (χ2v) is 4.75. The van der Waals surface area contributed by atoms with Crippen LogP contribution in [-0.2, 0) is 6.54 Å². The molecule has 0 bridgehead atoms. The van der Waals surface area contributed by atoms with E-state index in [2.05, 4.69) is 29.0 Å². The van der Waals surface area contributed by atoms with Crippen LogP contribution in [0.25, 0.3) is 0 Å². The maximum Gasteiger partial charge on any atom is 0.203 e. The molecule has 19 heavy (non-hydrogen) atoms. The first-order valence-electron chi connectivity index (χ1n) is 6.37. The molecular weight excluding hydrogens is 240 g/mol. The molecule has 0 spiro atoms. The second kappa shape index (κ2) is 5.30. The Hall–Kier alpha value is -2.04. The number of allylic oxidation sites excluding steroid dienone is 1. The van der Waals surface area contributed by atoms with E-state index in [9.17, 15) is 0 Å². The molecule has 0 aliphatic rings. The van der Waals surface area contributed by atoms with Crippen LogP contribution in [0.15, 0.2) is 23.4 Å². The Balaban J connectivity index is 2.23. The first-order chi connectivity index (χ1) is 9.02. The van der Waals surface area contributed by atoms with E-state index in [1.165, 1.54) is 0 Å². The van der Waals surface area contributed by atoms with Gasteiger partial charge >= 0.3 is 0 Å². The molecule has 0 fully saturated rings. The Kier molecular flexibility index (Phi) is 3.74. The van der Waals surface area contributed by atoms with Crippen molar-refractivity contribution >= 4 is 5.95 Å². The van der Waals surface area contributed by atoms with E-state index in [1.54, 1.807) is 0 Å². The molecule has 5 nitrogen and oxygen atoms in total. The largest absolute Gasteiger partial charge is 0.361 e. The number of nitrogens with zero attached hydrogens (tertiary/aromatic N) is 3. The van der Waals surface area contributed by atoms with Crippen molar-refractivity contribution in [3.05, 3.63) is 41.6 Å². The number of nitrogens with one attached hydrogen (secondary N) is 1. The molecule has 2 rings (SSSR count). The van der Waals surface area contributed by atoms with Crippen molar-refractivity contribution in [1.29, 1.82) is 0 Å². The van der Waals surface area contributed by atoms with Gasteiger partial charge in [0, 0.05) is 18.3 Å². The Morgan fingerprint density at radius 3 is 2.79 bits per heavy atom. The van der Waals surface area contributed by atoms with E-state index >= 15 is 0 Å². The van der Waals surface area contributed by atoms with Crippen molar-refractivity contribution in [2.24, 2.45) is 0 Å². The Labute approximate surface area is 113 Å². The first-order valence-corrected chi connectivity index (χ1v) is 6.37. The molecule has 0 saturated carbocycles. The van der Waals surface area contributed by atoms with Gasteiger partial charge in [-0.3, -0.25) is 0 Å². The summed E-state index contributed by atoms with van der Waals surface area (Å²) in [4.78, 5) is 4.49. The summed E-state index contributed by atoms with van der Waals surface area (Å²) in [5.74, 6) is 1.68. The minimum Gasteiger partial charge on any atom is -0.361 e. The van der Waals surface area contributed by atoms with Crippen LogP contribution >= 0.6 is 0 Å². The highest BCUT2D eigenvalue weighted by atomic mass is 16.5. The average molecular weight is 260 g/mol. The lowest BCUT2D eigenvalue weighted by Crippen LogP contribution is -2.12. The highest BCUT2D eigenvalue weighted by Crippen LogP contribution is 2.24. The Morgan fingerprint density at radius 2 is 2.21 bits per heavy atom. The molecule has 2 aromatic rings. The van der Waals surface area contributed by atoms with Gasteiger partial charge in [0.1, 0.15) is 5.76 Å². The molecule has 5 heteroatoms. The van der Waals surface area contributed by atoms with Gasteiger partial charge in [0.25, 0.3) is 0 Å². The van der Waals surface area contributed by atoms with Crippen LogP contribution in [0.3, 0.4) is 0 Å². The fraction of sp³-hybridized carbons (Fsp3) is 0.429. The van der Waals surface area contributed by atoms with Crippen molar-refractivity contribution in [2.45, 2.75) is 40.3 Å². The number of hydrogen-bond donors (Lipinski definition) is 1. The highest BCUT2D eigenvalue weighted by Gasteiger charge is 2.18. The predicted molar refractivity (Wildman–Crippen MR) is 75.2 cm³/mol. The number of imidazole rings is 1. The van der Waals surface area contributed by atoms with Crippen LogP contribution in [0.2, 0.25) is 0 Å². The van der Waals surface area contributed by atoms with Crippen LogP contribution in [0.5, 0.6) is 0 Å². The van der Waals surface area contributed by atoms with E-state index in [0.29, 0.717) is 0 Å². The molecular formula is C14H20N4O. The zero-order valence-electron chi connectivity index (χ0n) is 11.9. The standard InChI is InChI=1S/C14H20N4O/c1-6-7-18-8-9(2)15-14(18)16-10(3)13-11(4)17-19-12(13)5/h6,8,10H,1,7H2,2-5H3,(H,15,16). The smallest absolute Gasteiger partial charge is 0.203 e. The van der Waals surface area contributed by atoms with E-state index < -0.39 is 0 Å². The quantitative estimate of drug-likeness (QED) is 0.839. The number of anilines is 1. The zero-order valence-corrected chi connectivity index (χ0v) is 11.9. The molecule has 1 atom stereocenters. The zero-order chi connectivity index (χ0) is 14.0. The lowest BCUT2D eigenvalue weighted by Gasteiger charge is -2.15. The number of rotatable bonds is 5. The fourth-order valence-corrected chi connectivity index (χ4v) is 2.31. The predicted octanol–water partition coefficient (Wildman–Crippen LogP) is 3.16. The minimum absolute atomic E-state index is 0.0941. The van der Waals surface area contributed by atoms with Crippen molar-refractivity contribution in [3.8, 4) is 0 Å². The van der Waals surface area contributed by atoms with Crippen LogP contribution in [0.1, 0.15) is 35.7 Å².